The Kier molecular flexibility index (Phi) is 5.10. The van der Waals surface area contributed by atoms with Crippen LogP contribution in [0.15, 0.2) is 29.2 Å². The van der Waals surface area contributed by atoms with Crippen LogP contribution in [0.4, 0.5) is 0 Å². The molecule has 1 heterocycles. The summed E-state index contributed by atoms with van der Waals surface area (Å²) in [6, 6.07) is 4.95. The van der Waals surface area contributed by atoms with Crippen LogP contribution in [0, 0.1) is 5.92 Å². The van der Waals surface area contributed by atoms with Crippen molar-refractivity contribution in [3.05, 3.63) is 29.8 Å². The lowest BCUT2D eigenvalue weighted by molar-refractivity contribution is -0.143. The van der Waals surface area contributed by atoms with Crippen LogP contribution < -0.4 is 4.72 Å². The van der Waals surface area contributed by atoms with Crippen molar-refractivity contribution in [2.75, 3.05) is 13.1 Å². The quantitative estimate of drug-likeness (QED) is 0.793. The minimum Gasteiger partial charge on any atom is -0.480 e. The molecule has 25 heavy (non-hydrogen) atoms. The topological polar surface area (TPSA) is 104 Å². The molecule has 0 spiro atoms. The van der Waals surface area contributed by atoms with Gasteiger partial charge in [-0.15, -0.1) is 0 Å². The van der Waals surface area contributed by atoms with Crippen molar-refractivity contribution >= 4 is 21.9 Å². The van der Waals surface area contributed by atoms with Crippen LogP contribution in [0.2, 0.25) is 0 Å². The minimum atomic E-state index is -3.67. The molecule has 2 aliphatic rings. The number of amides is 1. The summed E-state index contributed by atoms with van der Waals surface area (Å²) in [4.78, 5) is 25.5. The number of carbonyl (C=O) groups excluding carboxylic acids is 1. The Morgan fingerprint density at radius 3 is 2.64 bits per heavy atom. The van der Waals surface area contributed by atoms with Crippen molar-refractivity contribution < 1.29 is 23.1 Å². The van der Waals surface area contributed by atoms with Gasteiger partial charge in [-0.3, -0.25) is 4.79 Å². The lowest BCUT2D eigenvalue weighted by Crippen LogP contribution is -2.48. The van der Waals surface area contributed by atoms with Crippen LogP contribution in [-0.4, -0.2) is 49.4 Å². The first-order chi connectivity index (χ1) is 11.9. The Morgan fingerprint density at radius 2 is 1.96 bits per heavy atom. The lowest BCUT2D eigenvalue weighted by atomic mass is 10.0. The summed E-state index contributed by atoms with van der Waals surface area (Å²) in [5, 5.41) is 9.32. The van der Waals surface area contributed by atoms with Gasteiger partial charge in [0.1, 0.15) is 6.04 Å². The first-order valence-corrected chi connectivity index (χ1v) is 10.0. The molecule has 2 fully saturated rings. The highest BCUT2D eigenvalue weighted by atomic mass is 32.2. The van der Waals surface area contributed by atoms with E-state index in [0.717, 1.165) is 25.7 Å². The van der Waals surface area contributed by atoms with Crippen LogP contribution in [0.1, 0.15) is 42.5 Å². The maximum atomic E-state index is 12.7. The van der Waals surface area contributed by atoms with E-state index in [1.807, 2.05) is 0 Å². The molecule has 136 valence electrons. The van der Waals surface area contributed by atoms with Crippen molar-refractivity contribution in [1.29, 1.82) is 0 Å². The molecular formula is C17H22N2O5S. The molecule has 1 amide bonds. The molecule has 7 nitrogen and oxygen atoms in total. The molecule has 0 unspecified atom stereocenters. The van der Waals surface area contributed by atoms with Gasteiger partial charge in [0.25, 0.3) is 5.91 Å². The molecule has 1 aliphatic heterocycles. The highest BCUT2D eigenvalue weighted by molar-refractivity contribution is 7.89. The van der Waals surface area contributed by atoms with Gasteiger partial charge in [-0.05, 0) is 56.2 Å². The maximum absolute atomic E-state index is 12.7. The van der Waals surface area contributed by atoms with Gasteiger partial charge >= 0.3 is 5.97 Å². The Morgan fingerprint density at radius 1 is 1.20 bits per heavy atom. The number of piperidine rings is 1. The summed E-state index contributed by atoms with van der Waals surface area (Å²) in [6.07, 6.45) is 4.00. The second kappa shape index (κ2) is 7.13. The number of likely N-dealkylation sites (tertiary alicyclic amines) is 1. The average molecular weight is 366 g/mol. The first-order valence-electron chi connectivity index (χ1n) is 8.52. The van der Waals surface area contributed by atoms with E-state index in [4.69, 9.17) is 0 Å². The highest BCUT2D eigenvalue weighted by Crippen LogP contribution is 2.28. The van der Waals surface area contributed by atoms with E-state index in [-0.39, 0.29) is 10.5 Å². The van der Waals surface area contributed by atoms with Gasteiger partial charge in [-0.2, -0.15) is 0 Å². The number of hydrogen-bond acceptors (Lipinski definition) is 4. The Hall–Kier alpha value is -1.93. The fourth-order valence-electron chi connectivity index (χ4n) is 3.03. The third-order valence-electron chi connectivity index (χ3n) is 4.70. The van der Waals surface area contributed by atoms with Gasteiger partial charge in [-0.1, -0.05) is 6.07 Å². The van der Waals surface area contributed by atoms with Gasteiger partial charge in [0.15, 0.2) is 0 Å². The monoisotopic (exact) mass is 366 g/mol. The number of carbonyl (C=O) groups is 2. The number of carboxylic acids is 1. The van der Waals surface area contributed by atoms with E-state index in [0.29, 0.717) is 25.4 Å². The molecular weight excluding hydrogens is 344 g/mol. The molecule has 1 saturated heterocycles. The van der Waals surface area contributed by atoms with E-state index in [1.165, 1.54) is 29.2 Å². The number of nitrogens with one attached hydrogen (secondary N) is 1. The first kappa shape index (κ1) is 17.9. The zero-order chi connectivity index (χ0) is 18.0. The van der Waals surface area contributed by atoms with Gasteiger partial charge in [0.05, 0.1) is 4.90 Å². The molecule has 0 radical (unpaired) electrons. The van der Waals surface area contributed by atoms with E-state index in [9.17, 15) is 23.1 Å². The zero-order valence-electron chi connectivity index (χ0n) is 13.8. The predicted octanol–water partition coefficient (Wildman–Crippen LogP) is 1.45. The normalized spacial score (nSPS) is 21.1. The van der Waals surface area contributed by atoms with Crippen LogP contribution in [0.3, 0.4) is 0 Å². The Balaban J connectivity index is 1.80. The largest absolute Gasteiger partial charge is 0.480 e. The molecule has 1 aliphatic carbocycles. The molecule has 0 bridgehead atoms. The number of sulfonamides is 1. The van der Waals surface area contributed by atoms with Crippen LogP contribution in [-0.2, 0) is 14.8 Å². The highest BCUT2D eigenvalue weighted by Gasteiger charge is 2.33. The van der Waals surface area contributed by atoms with Gasteiger partial charge in [0.2, 0.25) is 10.0 Å². The number of rotatable bonds is 6. The predicted molar refractivity (Wildman–Crippen MR) is 90.7 cm³/mol. The van der Waals surface area contributed by atoms with Crippen molar-refractivity contribution in [1.82, 2.24) is 9.62 Å². The van der Waals surface area contributed by atoms with Crippen molar-refractivity contribution in [2.45, 2.75) is 43.0 Å². The number of carboxylic acid groups (broad SMARTS) is 1. The summed E-state index contributed by atoms with van der Waals surface area (Å²) in [6.45, 7) is 0.778. The lowest BCUT2D eigenvalue weighted by Gasteiger charge is -2.33. The van der Waals surface area contributed by atoms with E-state index in [1.54, 1.807) is 0 Å². The summed E-state index contributed by atoms with van der Waals surface area (Å²) in [5.41, 5.74) is 0.197. The molecule has 1 saturated carbocycles. The SMILES string of the molecule is O=C(O)[C@H]1CCCCN1C(=O)c1cccc(S(=O)(=O)NCC2CC2)c1. The average Bonchev–Trinajstić information content (AvgIpc) is 3.44. The number of benzene rings is 1. The third kappa shape index (κ3) is 4.19. The summed E-state index contributed by atoms with van der Waals surface area (Å²) in [7, 11) is -3.67. The Bertz CT molecular complexity index is 773. The molecule has 0 aromatic heterocycles. The summed E-state index contributed by atoms with van der Waals surface area (Å²) in [5.74, 6) is -1.06. The van der Waals surface area contributed by atoms with Crippen molar-refractivity contribution in [3.63, 3.8) is 0 Å². The van der Waals surface area contributed by atoms with E-state index < -0.39 is 27.9 Å². The maximum Gasteiger partial charge on any atom is 0.326 e. The van der Waals surface area contributed by atoms with Crippen LogP contribution in [0.25, 0.3) is 0 Å². The number of aliphatic carboxylic acids is 1. The van der Waals surface area contributed by atoms with Crippen molar-refractivity contribution in [3.8, 4) is 0 Å². The number of nitrogens with zero attached hydrogens (tertiary/aromatic N) is 1. The molecule has 1 atom stereocenters. The third-order valence-corrected chi connectivity index (χ3v) is 6.12. The smallest absolute Gasteiger partial charge is 0.326 e. The van der Waals surface area contributed by atoms with E-state index in [2.05, 4.69) is 4.72 Å². The molecule has 1 aromatic rings. The fraction of sp³-hybridized carbons (Fsp3) is 0.529. The number of hydrogen-bond donors (Lipinski definition) is 2. The second-order valence-electron chi connectivity index (χ2n) is 6.67. The molecule has 8 heteroatoms. The summed E-state index contributed by atoms with van der Waals surface area (Å²) < 4.78 is 27.3. The molecule has 2 N–H and O–H groups in total. The van der Waals surface area contributed by atoms with Crippen LogP contribution in [0.5, 0.6) is 0 Å². The standard InChI is InChI=1S/C17H22N2O5S/c20-16(19-9-2-1-6-15(19)17(21)22)13-4-3-5-14(10-13)25(23,24)18-11-12-7-8-12/h3-5,10,12,15,18H,1-2,6-9,11H2,(H,21,22)/t15-/m1/s1. The second-order valence-corrected chi connectivity index (χ2v) is 8.44. The van der Waals surface area contributed by atoms with E-state index >= 15 is 0 Å². The fourth-order valence-corrected chi connectivity index (χ4v) is 4.19. The Labute approximate surface area is 147 Å². The minimum absolute atomic E-state index is 0.0304. The van der Waals surface area contributed by atoms with Crippen LogP contribution >= 0.6 is 0 Å². The van der Waals surface area contributed by atoms with Crippen molar-refractivity contribution in [2.24, 2.45) is 5.92 Å². The van der Waals surface area contributed by atoms with Gasteiger partial charge in [0, 0.05) is 18.7 Å². The molecule has 1 aromatic carbocycles. The molecule has 3 rings (SSSR count). The summed E-state index contributed by atoms with van der Waals surface area (Å²) >= 11 is 0. The zero-order valence-corrected chi connectivity index (χ0v) is 14.7. The van der Waals surface area contributed by atoms with Gasteiger partial charge in [-0.25, -0.2) is 17.9 Å². The van der Waals surface area contributed by atoms with Gasteiger partial charge < -0.3 is 10.0 Å².